The van der Waals surface area contributed by atoms with Gasteiger partial charge in [-0.1, -0.05) is 19.1 Å². The quantitative estimate of drug-likeness (QED) is 0.587. The van der Waals surface area contributed by atoms with Crippen molar-refractivity contribution in [3.05, 3.63) is 35.1 Å². The van der Waals surface area contributed by atoms with Crippen LogP contribution in [0, 0.1) is 18.7 Å². The lowest BCUT2D eigenvalue weighted by atomic mass is 9.97. The van der Waals surface area contributed by atoms with Crippen LogP contribution >= 0.6 is 0 Å². The number of halogens is 1. The molecule has 0 unspecified atom stereocenters. The Morgan fingerprint density at radius 1 is 1.24 bits per heavy atom. The predicted octanol–water partition coefficient (Wildman–Crippen LogP) is 3.31. The van der Waals surface area contributed by atoms with Crippen LogP contribution in [0.2, 0.25) is 0 Å². The normalized spacial score (nSPS) is 16.9. The van der Waals surface area contributed by atoms with Gasteiger partial charge in [0.25, 0.3) is 0 Å². The second-order valence-corrected chi connectivity index (χ2v) is 6.94. The van der Waals surface area contributed by atoms with Crippen LogP contribution in [0.3, 0.4) is 0 Å². The molecule has 1 heterocycles. The lowest BCUT2D eigenvalue weighted by molar-refractivity contribution is 0.185. The predicted molar refractivity (Wildman–Crippen MR) is 103 cm³/mol. The van der Waals surface area contributed by atoms with Crippen molar-refractivity contribution in [1.29, 1.82) is 0 Å². The first kappa shape index (κ1) is 19.7. The van der Waals surface area contributed by atoms with Crippen molar-refractivity contribution in [2.75, 3.05) is 32.7 Å². The summed E-state index contributed by atoms with van der Waals surface area (Å²) in [6, 6.07) is 5.32. The van der Waals surface area contributed by atoms with Gasteiger partial charge in [0, 0.05) is 13.1 Å². The van der Waals surface area contributed by atoms with E-state index in [2.05, 4.69) is 34.4 Å². The average Bonchev–Trinajstić information content (AvgIpc) is 2.62. The fourth-order valence-corrected chi connectivity index (χ4v) is 3.22. The van der Waals surface area contributed by atoms with E-state index in [9.17, 15) is 4.39 Å². The van der Waals surface area contributed by atoms with Gasteiger partial charge in [-0.3, -0.25) is 0 Å². The largest absolute Gasteiger partial charge is 0.357 e. The Morgan fingerprint density at radius 3 is 2.64 bits per heavy atom. The highest BCUT2D eigenvalue weighted by Gasteiger charge is 2.18. The van der Waals surface area contributed by atoms with Gasteiger partial charge in [-0.05, 0) is 75.9 Å². The first-order valence-electron chi connectivity index (χ1n) is 9.62. The second kappa shape index (κ2) is 10.4. The molecule has 0 aromatic heterocycles. The first-order valence-corrected chi connectivity index (χ1v) is 9.62. The summed E-state index contributed by atoms with van der Waals surface area (Å²) in [5.74, 6) is 1.36. The van der Waals surface area contributed by atoms with E-state index in [0.29, 0.717) is 18.0 Å². The van der Waals surface area contributed by atoms with E-state index in [0.717, 1.165) is 24.6 Å². The van der Waals surface area contributed by atoms with Gasteiger partial charge in [-0.25, -0.2) is 9.38 Å². The molecule has 0 aliphatic carbocycles. The standard InChI is InChI=1S/C20H33FN4/c1-4-10-25-11-8-17(9-12-25)14-23-20(22-5-2)24-15-18-7-6-16(3)19(21)13-18/h6-7,13,17H,4-5,8-12,14-15H2,1-3H3,(H2,22,23,24). The average molecular weight is 349 g/mol. The Morgan fingerprint density at radius 2 is 2.00 bits per heavy atom. The van der Waals surface area contributed by atoms with Gasteiger partial charge in [0.1, 0.15) is 5.82 Å². The summed E-state index contributed by atoms with van der Waals surface area (Å²) in [4.78, 5) is 7.16. The highest BCUT2D eigenvalue weighted by Crippen LogP contribution is 2.16. The third-order valence-corrected chi connectivity index (χ3v) is 4.81. The molecule has 0 saturated carbocycles. The van der Waals surface area contributed by atoms with E-state index in [1.807, 2.05) is 12.1 Å². The molecular formula is C20H33FN4. The first-order chi connectivity index (χ1) is 12.1. The summed E-state index contributed by atoms with van der Waals surface area (Å²) >= 11 is 0. The van der Waals surface area contributed by atoms with E-state index >= 15 is 0 Å². The van der Waals surface area contributed by atoms with Crippen LogP contribution in [0.4, 0.5) is 4.39 Å². The zero-order valence-electron chi connectivity index (χ0n) is 15.9. The minimum atomic E-state index is -0.163. The monoisotopic (exact) mass is 348 g/mol. The molecule has 1 aromatic rings. The van der Waals surface area contributed by atoms with Crippen molar-refractivity contribution in [3.8, 4) is 0 Å². The Hall–Kier alpha value is -1.62. The smallest absolute Gasteiger partial charge is 0.191 e. The maximum Gasteiger partial charge on any atom is 0.191 e. The molecule has 1 saturated heterocycles. The maximum absolute atomic E-state index is 13.6. The molecule has 1 aromatic carbocycles. The fraction of sp³-hybridized carbons (Fsp3) is 0.650. The summed E-state index contributed by atoms with van der Waals surface area (Å²) in [7, 11) is 0. The zero-order valence-corrected chi connectivity index (χ0v) is 15.9. The number of likely N-dealkylation sites (tertiary alicyclic amines) is 1. The van der Waals surface area contributed by atoms with Crippen LogP contribution in [-0.4, -0.2) is 43.6 Å². The van der Waals surface area contributed by atoms with Gasteiger partial charge in [0.2, 0.25) is 0 Å². The number of rotatable bonds is 7. The molecule has 0 spiro atoms. The second-order valence-electron chi connectivity index (χ2n) is 6.94. The highest BCUT2D eigenvalue weighted by atomic mass is 19.1. The topological polar surface area (TPSA) is 39.7 Å². The summed E-state index contributed by atoms with van der Waals surface area (Å²) < 4.78 is 13.6. The van der Waals surface area contributed by atoms with Gasteiger partial charge in [-0.15, -0.1) is 0 Å². The van der Waals surface area contributed by atoms with E-state index in [1.165, 1.54) is 38.9 Å². The van der Waals surface area contributed by atoms with Gasteiger partial charge < -0.3 is 15.5 Å². The van der Waals surface area contributed by atoms with Crippen LogP contribution in [0.25, 0.3) is 0 Å². The molecule has 0 bridgehead atoms. The van der Waals surface area contributed by atoms with Gasteiger partial charge in [-0.2, -0.15) is 0 Å². The number of aryl methyl sites for hydroxylation is 1. The summed E-state index contributed by atoms with van der Waals surface area (Å²) in [6.07, 6.45) is 3.73. The van der Waals surface area contributed by atoms with Crippen LogP contribution in [0.15, 0.2) is 23.2 Å². The Bertz CT molecular complexity index is 551. The summed E-state index contributed by atoms with van der Waals surface area (Å²) in [6.45, 7) is 12.0. The van der Waals surface area contributed by atoms with Gasteiger partial charge >= 0.3 is 0 Å². The van der Waals surface area contributed by atoms with Gasteiger partial charge in [0.05, 0.1) is 6.54 Å². The molecule has 2 N–H and O–H groups in total. The molecule has 4 nitrogen and oxygen atoms in total. The fourth-order valence-electron chi connectivity index (χ4n) is 3.22. The van der Waals surface area contributed by atoms with E-state index in [1.54, 1.807) is 13.0 Å². The van der Waals surface area contributed by atoms with Crippen molar-refractivity contribution in [3.63, 3.8) is 0 Å². The third kappa shape index (κ3) is 6.65. The van der Waals surface area contributed by atoms with Crippen molar-refractivity contribution in [1.82, 2.24) is 15.5 Å². The Balaban J connectivity index is 1.82. The minimum Gasteiger partial charge on any atom is -0.357 e. The van der Waals surface area contributed by atoms with Crippen LogP contribution in [-0.2, 0) is 6.54 Å². The van der Waals surface area contributed by atoms with Gasteiger partial charge in [0.15, 0.2) is 5.96 Å². The SMILES string of the molecule is CCCN1CCC(CNC(=NCc2ccc(C)c(F)c2)NCC)CC1. The minimum absolute atomic E-state index is 0.163. The summed E-state index contributed by atoms with van der Waals surface area (Å²) in [5, 5.41) is 6.74. The van der Waals surface area contributed by atoms with E-state index in [-0.39, 0.29) is 5.82 Å². The van der Waals surface area contributed by atoms with E-state index < -0.39 is 0 Å². The summed E-state index contributed by atoms with van der Waals surface area (Å²) in [5.41, 5.74) is 1.57. The third-order valence-electron chi connectivity index (χ3n) is 4.81. The number of hydrogen-bond acceptors (Lipinski definition) is 2. The number of piperidine rings is 1. The maximum atomic E-state index is 13.6. The molecule has 0 radical (unpaired) electrons. The number of aliphatic imine (C=N–C) groups is 1. The Kier molecular flexibility index (Phi) is 8.19. The van der Waals surface area contributed by atoms with Crippen molar-refractivity contribution in [2.45, 2.75) is 46.6 Å². The molecular weight excluding hydrogens is 315 g/mol. The van der Waals surface area contributed by atoms with Crippen LogP contribution in [0.5, 0.6) is 0 Å². The molecule has 1 fully saturated rings. The number of nitrogens with one attached hydrogen (secondary N) is 2. The number of hydrogen-bond donors (Lipinski definition) is 2. The van der Waals surface area contributed by atoms with Crippen LogP contribution < -0.4 is 10.6 Å². The molecule has 1 aliphatic heterocycles. The molecule has 1 aliphatic rings. The number of guanidine groups is 1. The molecule has 0 atom stereocenters. The molecule has 5 heteroatoms. The van der Waals surface area contributed by atoms with E-state index in [4.69, 9.17) is 0 Å². The number of benzene rings is 1. The van der Waals surface area contributed by atoms with Crippen LogP contribution in [0.1, 0.15) is 44.2 Å². The zero-order chi connectivity index (χ0) is 18.1. The molecule has 25 heavy (non-hydrogen) atoms. The highest BCUT2D eigenvalue weighted by molar-refractivity contribution is 5.79. The lowest BCUT2D eigenvalue weighted by Crippen LogP contribution is -2.43. The van der Waals surface area contributed by atoms with Crippen molar-refractivity contribution < 1.29 is 4.39 Å². The van der Waals surface area contributed by atoms with Crippen molar-refractivity contribution >= 4 is 5.96 Å². The Labute approximate surface area is 151 Å². The van der Waals surface area contributed by atoms with Crippen molar-refractivity contribution in [2.24, 2.45) is 10.9 Å². The number of nitrogens with zero attached hydrogens (tertiary/aromatic N) is 2. The molecule has 140 valence electrons. The molecule has 0 amide bonds. The molecule has 2 rings (SSSR count). The lowest BCUT2D eigenvalue weighted by Gasteiger charge is -2.32.